The molecule has 1 atom stereocenters. The molecule has 0 bridgehead atoms. The number of nitrogens with one attached hydrogen (secondary N) is 1. The molecule has 1 aliphatic rings. The molecule has 0 spiro atoms. The number of para-hydroxylation sites is 1. The van der Waals surface area contributed by atoms with Gasteiger partial charge in [0.2, 0.25) is 11.8 Å². The summed E-state index contributed by atoms with van der Waals surface area (Å²) in [5.74, 6) is -0.316. The van der Waals surface area contributed by atoms with E-state index in [4.69, 9.17) is 11.6 Å². The first-order valence-electron chi connectivity index (χ1n) is 8.44. The summed E-state index contributed by atoms with van der Waals surface area (Å²) >= 11 is 6.19. The Balaban J connectivity index is 1.52. The lowest BCUT2D eigenvalue weighted by Gasteiger charge is -2.18. The molecule has 1 fully saturated rings. The second kappa shape index (κ2) is 7.20. The smallest absolute Gasteiger partial charge is 0.229 e. The Bertz CT molecular complexity index is 989. The number of carbonyl (C=O) groups is 2. The summed E-state index contributed by atoms with van der Waals surface area (Å²) in [6.45, 7) is 0.283. The number of rotatable bonds is 4. The van der Waals surface area contributed by atoms with Crippen LogP contribution in [0.25, 0.3) is 5.82 Å². The van der Waals surface area contributed by atoms with E-state index in [1.807, 2.05) is 6.07 Å². The topological polar surface area (TPSA) is 80.1 Å². The van der Waals surface area contributed by atoms with E-state index in [0.29, 0.717) is 22.2 Å². The van der Waals surface area contributed by atoms with Gasteiger partial charge in [-0.2, -0.15) is 5.10 Å². The van der Waals surface area contributed by atoms with Crippen LogP contribution in [0.4, 0.5) is 11.4 Å². The molecule has 1 saturated heterocycles. The number of hydrogen-bond donors (Lipinski definition) is 1. The van der Waals surface area contributed by atoms with Crippen LogP contribution in [0, 0.1) is 5.92 Å². The quantitative estimate of drug-likeness (QED) is 0.753. The Kier molecular flexibility index (Phi) is 4.60. The van der Waals surface area contributed by atoms with Crippen LogP contribution in [0.3, 0.4) is 0 Å². The van der Waals surface area contributed by atoms with Crippen LogP contribution in [-0.4, -0.2) is 33.1 Å². The first-order valence-corrected chi connectivity index (χ1v) is 8.82. The van der Waals surface area contributed by atoms with E-state index in [1.165, 1.54) is 0 Å². The maximum atomic E-state index is 12.8. The van der Waals surface area contributed by atoms with Crippen molar-refractivity contribution in [1.82, 2.24) is 14.8 Å². The summed E-state index contributed by atoms with van der Waals surface area (Å²) in [5, 5.41) is 7.51. The number of anilines is 2. The van der Waals surface area contributed by atoms with E-state index in [1.54, 1.807) is 64.6 Å². The fourth-order valence-corrected chi connectivity index (χ4v) is 3.33. The molecule has 1 unspecified atom stereocenters. The summed E-state index contributed by atoms with van der Waals surface area (Å²) < 4.78 is 1.57. The lowest BCUT2D eigenvalue weighted by atomic mass is 10.1. The predicted molar refractivity (Wildman–Crippen MR) is 102 cm³/mol. The predicted octanol–water partition coefficient (Wildman–Crippen LogP) is 2.91. The van der Waals surface area contributed by atoms with Gasteiger partial charge in [0.1, 0.15) is 0 Å². The number of amides is 2. The molecule has 7 nitrogen and oxygen atoms in total. The van der Waals surface area contributed by atoms with E-state index in [0.717, 1.165) is 0 Å². The summed E-state index contributed by atoms with van der Waals surface area (Å²) in [6, 6.07) is 12.4. The van der Waals surface area contributed by atoms with Crippen molar-refractivity contribution < 1.29 is 9.59 Å². The number of halogens is 1. The van der Waals surface area contributed by atoms with Crippen molar-refractivity contribution in [2.24, 2.45) is 5.92 Å². The van der Waals surface area contributed by atoms with Crippen LogP contribution in [-0.2, 0) is 9.59 Å². The molecule has 3 heterocycles. The monoisotopic (exact) mass is 381 g/mol. The van der Waals surface area contributed by atoms with Gasteiger partial charge < -0.3 is 10.2 Å². The Labute approximate surface area is 160 Å². The van der Waals surface area contributed by atoms with Crippen molar-refractivity contribution in [1.29, 1.82) is 0 Å². The molecule has 0 aliphatic carbocycles. The second-order valence-corrected chi connectivity index (χ2v) is 6.58. The van der Waals surface area contributed by atoms with Gasteiger partial charge in [-0.05, 0) is 30.3 Å². The first-order chi connectivity index (χ1) is 13.1. The Morgan fingerprint density at radius 3 is 2.78 bits per heavy atom. The van der Waals surface area contributed by atoms with Gasteiger partial charge in [0, 0.05) is 31.6 Å². The molecule has 0 radical (unpaired) electrons. The molecular formula is C19H16ClN5O2. The summed E-state index contributed by atoms with van der Waals surface area (Å²) in [5.41, 5.74) is 1.16. The molecule has 1 aliphatic heterocycles. The average molecular weight is 382 g/mol. The highest BCUT2D eigenvalue weighted by atomic mass is 35.5. The summed E-state index contributed by atoms with van der Waals surface area (Å²) in [6.07, 6.45) is 5.15. The van der Waals surface area contributed by atoms with Gasteiger partial charge in [0.05, 0.1) is 22.3 Å². The largest absolute Gasteiger partial charge is 0.323 e. The zero-order valence-corrected chi connectivity index (χ0v) is 15.0. The average Bonchev–Trinajstić information content (AvgIpc) is 3.33. The first kappa shape index (κ1) is 17.2. The molecule has 27 heavy (non-hydrogen) atoms. The third-order valence-corrected chi connectivity index (χ3v) is 4.72. The van der Waals surface area contributed by atoms with Crippen LogP contribution in [0.15, 0.2) is 61.1 Å². The molecule has 8 heteroatoms. The minimum absolute atomic E-state index is 0.123. The van der Waals surface area contributed by atoms with Gasteiger partial charge in [-0.15, -0.1) is 0 Å². The Morgan fingerprint density at radius 1 is 1.15 bits per heavy atom. The van der Waals surface area contributed by atoms with Crippen molar-refractivity contribution in [2.45, 2.75) is 6.42 Å². The van der Waals surface area contributed by atoms with Crippen molar-refractivity contribution in [3.63, 3.8) is 0 Å². The Hall–Kier alpha value is -3.19. The third-order valence-electron chi connectivity index (χ3n) is 4.41. The molecule has 2 amide bonds. The third kappa shape index (κ3) is 3.41. The van der Waals surface area contributed by atoms with Gasteiger partial charge >= 0.3 is 0 Å². The highest BCUT2D eigenvalue weighted by molar-refractivity contribution is 6.33. The number of hydrogen-bond acceptors (Lipinski definition) is 4. The van der Waals surface area contributed by atoms with E-state index in [9.17, 15) is 9.59 Å². The number of pyridine rings is 1. The fourth-order valence-electron chi connectivity index (χ4n) is 3.09. The summed E-state index contributed by atoms with van der Waals surface area (Å²) in [4.78, 5) is 31.0. The highest BCUT2D eigenvalue weighted by Crippen LogP contribution is 2.31. The standard InChI is InChI=1S/C19H16ClN5O2/c20-14-5-1-2-7-16(14)24-12-13(11-17(24)26)19(27)23-15-6-3-8-21-18(15)25-10-4-9-22-25/h1-10,13H,11-12H2,(H,23,27). The highest BCUT2D eigenvalue weighted by Gasteiger charge is 2.36. The normalized spacial score (nSPS) is 16.6. The lowest BCUT2D eigenvalue weighted by Crippen LogP contribution is -2.28. The van der Waals surface area contributed by atoms with Gasteiger partial charge in [0.25, 0.3) is 0 Å². The molecule has 2 aromatic heterocycles. The number of benzene rings is 1. The number of carbonyl (C=O) groups excluding carboxylic acids is 2. The zero-order chi connectivity index (χ0) is 18.8. The van der Waals surface area contributed by atoms with E-state index in [2.05, 4.69) is 15.4 Å². The van der Waals surface area contributed by atoms with Crippen LogP contribution < -0.4 is 10.2 Å². The number of aromatic nitrogens is 3. The molecular weight excluding hydrogens is 366 g/mol. The van der Waals surface area contributed by atoms with Crippen molar-refractivity contribution >= 4 is 34.8 Å². The lowest BCUT2D eigenvalue weighted by molar-refractivity contribution is -0.122. The molecule has 136 valence electrons. The SMILES string of the molecule is O=C(Nc1cccnc1-n1cccn1)C1CC(=O)N(c2ccccc2Cl)C1. The minimum Gasteiger partial charge on any atom is -0.323 e. The van der Waals surface area contributed by atoms with Gasteiger partial charge in [0.15, 0.2) is 5.82 Å². The molecule has 1 N–H and O–H groups in total. The van der Waals surface area contributed by atoms with Gasteiger partial charge in [-0.25, -0.2) is 9.67 Å². The van der Waals surface area contributed by atoms with Crippen LogP contribution >= 0.6 is 11.6 Å². The van der Waals surface area contributed by atoms with E-state index >= 15 is 0 Å². The Morgan fingerprint density at radius 2 is 2.00 bits per heavy atom. The van der Waals surface area contributed by atoms with Gasteiger partial charge in [-0.1, -0.05) is 23.7 Å². The molecule has 1 aromatic carbocycles. The van der Waals surface area contributed by atoms with Crippen molar-refractivity contribution in [3.8, 4) is 5.82 Å². The van der Waals surface area contributed by atoms with Crippen LogP contribution in [0.1, 0.15) is 6.42 Å². The molecule has 3 aromatic rings. The maximum absolute atomic E-state index is 12.8. The summed E-state index contributed by atoms with van der Waals surface area (Å²) in [7, 11) is 0. The van der Waals surface area contributed by atoms with E-state index in [-0.39, 0.29) is 24.8 Å². The van der Waals surface area contributed by atoms with Crippen LogP contribution in [0.5, 0.6) is 0 Å². The molecule has 0 saturated carbocycles. The van der Waals surface area contributed by atoms with Crippen LogP contribution in [0.2, 0.25) is 5.02 Å². The van der Waals surface area contributed by atoms with Gasteiger partial charge in [-0.3, -0.25) is 9.59 Å². The van der Waals surface area contributed by atoms with E-state index < -0.39 is 5.92 Å². The fraction of sp³-hybridized carbons (Fsp3) is 0.158. The maximum Gasteiger partial charge on any atom is 0.229 e. The van der Waals surface area contributed by atoms with Crippen molar-refractivity contribution in [2.75, 3.05) is 16.8 Å². The second-order valence-electron chi connectivity index (χ2n) is 6.17. The minimum atomic E-state index is -0.473. The zero-order valence-electron chi connectivity index (χ0n) is 14.2. The number of nitrogens with zero attached hydrogens (tertiary/aromatic N) is 4. The molecule has 4 rings (SSSR count). The van der Waals surface area contributed by atoms with Crippen molar-refractivity contribution in [3.05, 3.63) is 66.1 Å².